The zero-order valence-corrected chi connectivity index (χ0v) is 12.9. The third-order valence-electron chi connectivity index (χ3n) is 3.22. The summed E-state index contributed by atoms with van der Waals surface area (Å²) in [6.07, 6.45) is 6.51. The van der Waals surface area contributed by atoms with Crippen LogP contribution < -0.4 is 11.1 Å². The van der Waals surface area contributed by atoms with Gasteiger partial charge >= 0.3 is 0 Å². The van der Waals surface area contributed by atoms with Crippen LogP contribution in [-0.2, 0) is 0 Å². The van der Waals surface area contributed by atoms with Crippen molar-refractivity contribution in [3.05, 3.63) is 29.8 Å². The van der Waals surface area contributed by atoms with E-state index >= 15 is 0 Å². The van der Waals surface area contributed by atoms with Crippen molar-refractivity contribution < 1.29 is 0 Å². The van der Waals surface area contributed by atoms with E-state index in [1.54, 1.807) is 0 Å². The van der Waals surface area contributed by atoms with Gasteiger partial charge < -0.3 is 11.1 Å². The fraction of sp³-hybridized carbons (Fsp3) is 0.562. The minimum atomic E-state index is 0.458. The van der Waals surface area contributed by atoms with E-state index in [4.69, 9.17) is 18.0 Å². The van der Waals surface area contributed by atoms with E-state index in [1.807, 2.05) is 24.3 Å². The van der Waals surface area contributed by atoms with E-state index in [0.29, 0.717) is 4.99 Å². The fourth-order valence-electron chi connectivity index (χ4n) is 2.11. The Morgan fingerprint density at radius 2 is 1.84 bits per heavy atom. The summed E-state index contributed by atoms with van der Waals surface area (Å²) >= 11 is 5.05. The summed E-state index contributed by atoms with van der Waals surface area (Å²) in [7, 11) is 0. The number of hydrogen-bond donors (Lipinski definition) is 2. The number of para-hydroxylation sites is 1. The van der Waals surface area contributed by atoms with Gasteiger partial charge in [-0.25, -0.2) is 0 Å². The maximum absolute atomic E-state index is 5.70. The minimum absolute atomic E-state index is 0.458. The van der Waals surface area contributed by atoms with Crippen molar-refractivity contribution in [3.8, 4) is 0 Å². The number of benzene rings is 1. The standard InChI is InChI=1S/C16H26N2S/c1-13(2)9-5-3-4-8-12-18-15-11-7-6-10-14(15)16(17)19/h6-7,10-11,13,18H,3-5,8-9,12H2,1-2H3,(H2,17,19). The lowest BCUT2D eigenvalue weighted by molar-refractivity contribution is 0.523. The first kappa shape index (κ1) is 16.0. The van der Waals surface area contributed by atoms with Gasteiger partial charge in [0.05, 0.1) is 0 Å². The predicted molar refractivity (Wildman–Crippen MR) is 88.7 cm³/mol. The number of unbranched alkanes of at least 4 members (excludes halogenated alkanes) is 3. The molecule has 0 atom stereocenters. The summed E-state index contributed by atoms with van der Waals surface area (Å²) in [6, 6.07) is 7.97. The maximum atomic E-state index is 5.70. The Kier molecular flexibility index (Phi) is 7.49. The highest BCUT2D eigenvalue weighted by Crippen LogP contribution is 2.15. The van der Waals surface area contributed by atoms with E-state index < -0.39 is 0 Å². The molecule has 1 rings (SSSR count). The summed E-state index contributed by atoms with van der Waals surface area (Å²) < 4.78 is 0. The smallest absolute Gasteiger partial charge is 0.106 e. The summed E-state index contributed by atoms with van der Waals surface area (Å²) in [5.41, 5.74) is 7.70. The van der Waals surface area contributed by atoms with Gasteiger partial charge in [0.2, 0.25) is 0 Å². The molecule has 0 fully saturated rings. The highest BCUT2D eigenvalue weighted by molar-refractivity contribution is 7.80. The van der Waals surface area contributed by atoms with Gasteiger partial charge in [-0.05, 0) is 24.5 Å². The first-order chi connectivity index (χ1) is 9.11. The number of thiocarbonyl (C=S) groups is 1. The summed E-state index contributed by atoms with van der Waals surface area (Å²) in [6.45, 7) is 5.56. The van der Waals surface area contributed by atoms with Gasteiger partial charge in [-0.2, -0.15) is 0 Å². The molecule has 1 aromatic rings. The molecule has 0 unspecified atom stereocenters. The second-order valence-corrected chi connectivity index (χ2v) is 5.87. The Bertz CT molecular complexity index is 388. The van der Waals surface area contributed by atoms with Crippen LogP contribution in [0.3, 0.4) is 0 Å². The largest absolute Gasteiger partial charge is 0.389 e. The lowest BCUT2D eigenvalue weighted by Crippen LogP contribution is -2.13. The molecule has 0 aliphatic heterocycles. The summed E-state index contributed by atoms with van der Waals surface area (Å²) in [5.74, 6) is 0.829. The van der Waals surface area contributed by atoms with Crippen LogP contribution in [0.25, 0.3) is 0 Å². The first-order valence-corrected chi connectivity index (χ1v) is 7.64. The van der Waals surface area contributed by atoms with Crippen molar-refractivity contribution in [1.29, 1.82) is 0 Å². The number of nitrogens with two attached hydrogens (primary N) is 1. The molecule has 0 aliphatic rings. The monoisotopic (exact) mass is 278 g/mol. The second-order valence-electron chi connectivity index (χ2n) is 5.43. The first-order valence-electron chi connectivity index (χ1n) is 7.24. The lowest BCUT2D eigenvalue weighted by Gasteiger charge is -2.11. The quantitative estimate of drug-likeness (QED) is 0.521. The molecule has 0 heterocycles. The second kappa shape index (κ2) is 8.92. The molecule has 0 radical (unpaired) electrons. The lowest BCUT2D eigenvalue weighted by atomic mass is 10.0. The normalized spacial score (nSPS) is 10.7. The highest BCUT2D eigenvalue weighted by atomic mass is 32.1. The number of rotatable bonds is 9. The molecule has 0 aromatic heterocycles. The molecule has 19 heavy (non-hydrogen) atoms. The van der Waals surface area contributed by atoms with Crippen LogP contribution in [0.5, 0.6) is 0 Å². The van der Waals surface area contributed by atoms with Crippen LogP contribution in [0, 0.1) is 5.92 Å². The summed E-state index contributed by atoms with van der Waals surface area (Å²) in [5, 5.41) is 3.43. The number of anilines is 1. The van der Waals surface area contributed by atoms with Gasteiger partial charge in [-0.15, -0.1) is 0 Å². The van der Waals surface area contributed by atoms with Crippen molar-refractivity contribution >= 4 is 22.9 Å². The zero-order valence-electron chi connectivity index (χ0n) is 12.1. The molecule has 3 N–H and O–H groups in total. The van der Waals surface area contributed by atoms with E-state index in [9.17, 15) is 0 Å². The SMILES string of the molecule is CC(C)CCCCCCNc1ccccc1C(N)=S. The molecule has 106 valence electrons. The summed E-state index contributed by atoms with van der Waals surface area (Å²) in [4.78, 5) is 0.458. The van der Waals surface area contributed by atoms with Gasteiger partial charge in [-0.3, -0.25) is 0 Å². The van der Waals surface area contributed by atoms with Crippen LogP contribution >= 0.6 is 12.2 Å². The van der Waals surface area contributed by atoms with E-state index in [1.165, 1.54) is 32.1 Å². The molecular formula is C16H26N2S. The average molecular weight is 278 g/mol. The number of nitrogens with one attached hydrogen (secondary N) is 1. The minimum Gasteiger partial charge on any atom is -0.389 e. The molecule has 0 saturated heterocycles. The molecular weight excluding hydrogens is 252 g/mol. The van der Waals surface area contributed by atoms with Crippen LogP contribution in [0.15, 0.2) is 24.3 Å². The molecule has 0 saturated carbocycles. The van der Waals surface area contributed by atoms with Gasteiger partial charge in [0.25, 0.3) is 0 Å². The van der Waals surface area contributed by atoms with E-state index in [-0.39, 0.29) is 0 Å². The third-order valence-corrected chi connectivity index (χ3v) is 3.44. The average Bonchev–Trinajstić information content (AvgIpc) is 2.37. The topological polar surface area (TPSA) is 38.0 Å². The van der Waals surface area contributed by atoms with Gasteiger partial charge in [-0.1, -0.05) is 63.9 Å². The van der Waals surface area contributed by atoms with Crippen LogP contribution in [-0.4, -0.2) is 11.5 Å². The highest BCUT2D eigenvalue weighted by Gasteiger charge is 2.02. The van der Waals surface area contributed by atoms with Gasteiger partial charge in [0.1, 0.15) is 4.99 Å². The van der Waals surface area contributed by atoms with Crippen molar-refractivity contribution in [2.75, 3.05) is 11.9 Å². The predicted octanol–water partition coefficient (Wildman–Crippen LogP) is 4.34. The van der Waals surface area contributed by atoms with Gasteiger partial charge in [0.15, 0.2) is 0 Å². The maximum Gasteiger partial charge on any atom is 0.106 e. The Balaban J connectivity index is 2.21. The Morgan fingerprint density at radius 3 is 2.53 bits per heavy atom. The third kappa shape index (κ3) is 6.58. The van der Waals surface area contributed by atoms with Gasteiger partial charge in [0, 0.05) is 17.8 Å². The molecule has 0 spiro atoms. The molecule has 2 nitrogen and oxygen atoms in total. The van der Waals surface area contributed by atoms with Crippen molar-refractivity contribution in [1.82, 2.24) is 0 Å². The Labute approximate surface area is 122 Å². The van der Waals surface area contributed by atoms with E-state index in [0.717, 1.165) is 23.7 Å². The van der Waals surface area contributed by atoms with Crippen LogP contribution in [0.4, 0.5) is 5.69 Å². The Morgan fingerprint density at radius 1 is 1.16 bits per heavy atom. The molecule has 0 bridgehead atoms. The zero-order chi connectivity index (χ0) is 14.1. The van der Waals surface area contributed by atoms with Crippen LogP contribution in [0.1, 0.15) is 51.5 Å². The van der Waals surface area contributed by atoms with Crippen LogP contribution in [0.2, 0.25) is 0 Å². The molecule has 1 aromatic carbocycles. The fourth-order valence-corrected chi connectivity index (χ4v) is 2.28. The number of hydrogen-bond acceptors (Lipinski definition) is 2. The van der Waals surface area contributed by atoms with Crippen molar-refractivity contribution in [3.63, 3.8) is 0 Å². The van der Waals surface area contributed by atoms with Crippen molar-refractivity contribution in [2.24, 2.45) is 11.7 Å². The van der Waals surface area contributed by atoms with E-state index in [2.05, 4.69) is 19.2 Å². The Hall–Kier alpha value is -1.09. The van der Waals surface area contributed by atoms with Crippen molar-refractivity contribution in [2.45, 2.75) is 46.0 Å². The molecule has 0 amide bonds. The molecule has 3 heteroatoms. The molecule has 0 aliphatic carbocycles.